The van der Waals surface area contributed by atoms with Crippen molar-refractivity contribution in [3.8, 4) is 11.4 Å². The molecule has 4 aromatic rings. The number of aryl methyl sites for hydroxylation is 2. The van der Waals surface area contributed by atoms with E-state index in [-0.39, 0.29) is 18.9 Å². The van der Waals surface area contributed by atoms with Gasteiger partial charge in [-0.15, -0.1) is 5.10 Å². The molecule has 7 heteroatoms. The van der Waals surface area contributed by atoms with Gasteiger partial charge in [0.25, 0.3) is 0 Å². The number of aromatic nitrogens is 3. The Morgan fingerprint density at radius 1 is 1.03 bits per heavy atom. The van der Waals surface area contributed by atoms with Crippen LogP contribution in [0.3, 0.4) is 0 Å². The Hall–Kier alpha value is -3.51. The predicted molar refractivity (Wildman–Crippen MR) is 127 cm³/mol. The summed E-state index contributed by atoms with van der Waals surface area (Å²) in [5, 5.41) is 4.97. The van der Waals surface area contributed by atoms with Crippen molar-refractivity contribution >= 4 is 17.4 Å². The molecule has 0 atom stereocenters. The van der Waals surface area contributed by atoms with E-state index in [1.165, 1.54) is 10.6 Å². The molecular formula is C26H23ClFN3O2. The molecule has 0 unspecified atom stereocenters. The molecule has 3 aromatic carbocycles. The van der Waals surface area contributed by atoms with Crippen LogP contribution < -0.4 is 5.69 Å². The molecule has 1 heterocycles. The van der Waals surface area contributed by atoms with Crippen LogP contribution >= 0.6 is 11.6 Å². The van der Waals surface area contributed by atoms with E-state index in [1.54, 1.807) is 42.5 Å². The third-order valence-corrected chi connectivity index (χ3v) is 5.66. The van der Waals surface area contributed by atoms with Gasteiger partial charge in [0.2, 0.25) is 0 Å². The van der Waals surface area contributed by atoms with Crippen LogP contribution in [0.15, 0.2) is 77.6 Å². The first-order chi connectivity index (χ1) is 15.9. The maximum Gasteiger partial charge on any atom is 0.346 e. The van der Waals surface area contributed by atoms with E-state index in [1.807, 2.05) is 31.2 Å². The minimum absolute atomic E-state index is 0.000942. The summed E-state index contributed by atoms with van der Waals surface area (Å²) in [7, 11) is 0. The van der Waals surface area contributed by atoms with Gasteiger partial charge in [-0.1, -0.05) is 59.6 Å². The normalized spacial score (nSPS) is 11.0. The van der Waals surface area contributed by atoms with Crippen LogP contribution in [0.5, 0.6) is 0 Å². The molecule has 0 spiro atoms. The van der Waals surface area contributed by atoms with E-state index in [0.717, 1.165) is 15.8 Å². The molecule has 0 bridgehead atoms. The van der Waals surface area contributed by atoms with Gasteiger partial charge in [-0.3, -0.25) is 9.36 Å². The van der Waals surface area contributed by atoms with Crippen LogP contribution in [0.1, 0.15) is 23.1 Å². The standard InChI is InChI=1S/C26H23ClFN3O2/c1-18-5-4-6-19(15-18)9-14-23(32)17-31-26(33)30(16-21-7-2-3-8-24(21)28)25(29-31)20-10-12-22(27)13-11-20/h2-8,10-13,15H,9,14,16-17H2,1H3. The summed E-state index contributed by atoms with van der Waals surface area (Å²) in [6.07, 6.45) is 0.890. The van der Waals surface area contributed by atoms with Gasteiger partial charge < -0.3 is 0 Å². The number of rotatable bonds is 8. The molecule has 0 radical (unpaired) electrons. The molecule has 168 valence electrons. The zero-order valence-corrected chi connectivity index (χ0v) is 18.9. The van der Waals surface area contributed by atoms with Gasteiger partial charge in [-0.05, 0) is 49.2 Å². The number of hydrogen-bond acceptors (Lipinski definition) is 3. The Morgan fingerprint density at radius 2 is 1.79 bits per heavy atom. The van der Waals surface area contributed by atoms with Crippen LogP contribution in [0.4, 0.5) is 4.39 Å². The summed E-state index contributed by atoms with van der Waals surface area (Å²) in [6.45, 7) is 1.86. The van der Waals surface area contributed by atoms with Gasteiger partial charge in [0.1, 0.15) is 12.4 Å². The van der Waals surface area contributed by atoms with Crippen molar-refractivity contribution in [2.75, 3.05) is 0 Å². The van der Waals surface area contributed by atoms with E-state index >= 15 is 0 Å². The van der Waals surface area contributed by atoms with Crippen LogP contribution in [-0.2, 0) is 24.3 Å². The molecule has 0 N–H and O–H groups in total. The third kappa shape index (κ3) is 5.46. The fraction of sp³-hybridized carbons (Fsp3) is 0.192. The first kappa shape index (κ1) is 22.7. The maximum absolute atomic E-state index is 14.3. The fourth-order valence-corrected chi connectivity index (χ4v) is 3.82. The van der Waals surface area contributed by atoms with Crippen molar-refractivity contribution in [3.63, 3.8) is 0 Å². The molecule has 0 amide bonds. The summed E-state index contributed by atoms with van der Waals surface area (Å²) in [5.74, 6) is -0.156. The molecule has 0 saturated heterocycles. The van der Waals surface area contributed by atoms with Crippen molar-refractivity contribution in [3.05, 3.63) is 111 Å². The minimum atomic E-state index is -0.466. The predicted octanol–water partition coefficient (Wildman–Crippen LogP) is 5.06. The highest BCUT2D eigenvalue weighted by Crippen LogP contribution is 2.20. The van der Waals surface area contributed by atoms with Crippen molar-refractivity contribution < 1.29 is 9.18 Å². The largest absolute Gasteiger partial charge is 0.346 e. The lowest BCUT2D eigenvalue weighted by atomic mass is 10.1. The van der Waals surface area contributed by atoms with E-state index in [2.05, 4.69) is 5.10 Å². The lowest BCUT2D eigenvalue weighted by molar-refractivity contribution is -0.119. The Morgan fingerprint density at radius 3 is 2.52 bits per heavy atom. The SMILES string of the molecule is Cc1cccc(CCC(=O)Cn2nc(-c3ccc(Cl)cc3)n(Cc3ccccc3F)c2=O)c1. The number of carbonyl (C=O) groups is 1. The fourth-order valence-electron chi connectivity index (χ4n) is 3.69. The molecule has 0 aliphatic rings. The smallest absolute Gasteiger partial charge is 0.298 e. The second-order valence-corrected chi connectivity index (χ2v) is 8.41. The zero-order chi connectivity index (χ0) is 23.4. The number of benzene rings is 3. The van der Waals surface area contributed by atoms with Crippen molar-refractivity contribution in [2.24, 2.45) is 0 Å². The molecular weight excluding hydrogens is 441 g/mol. The maximum atomic E-state index is 14.3. The number of nitrogens with zero attached hydrogens (tertiary/aromatic N) is 3. The van der Waals surface area contributed by atoms with Gasteiger partial charge in [0.05, 0.1) is 6.54 Å². The number of hydrogen-bond donors (Lipinski definition) is 0. The molecule has 0 aliphatic carbocycles. The monoisotopic (exact) mass is 463 g/mol. The molecule has 0 aliphatic heterocycles. The topological polar surface area (TPSA) is 56.9 Å². The van der Waals surface area contributed by atoms with Crippen LogP contribution in [0.2, 0.25) is 5.02 Å². The second kappa shape index (κ2) is 9.96. The van der Waals surface area contributed by atoms with Crippen molar-refractivity contribution in [1.82, 2.24) is 14.3 Å². The van der Waals surface area contributed by atoms with Crippen molar-refractivity contribution in [1.29, 1.82) is 0 Å². The molecule has 0 saturated carbocycles. The van der Waals surface area contributed by atoms with Crippen molar-refractivity contribution in [2.45, 2.75) is 32.9 Å². The Bertz CT molecular complexity index is 1340. The highest BCUT2D eigenvalue weighted by molar-refractivity contribution is 6.30. The quantitative estimate of drug-likeness (QED) is 0.367. The first-order valence-corrected chi connectivity index (χ1v) is 11.0. The van der Waals surface area contributed by atoms with E-state index < -0.39 is 11.5 Å². The molecule has 1 aromatic heterocycles. The van der Waals surface area contributed by atoms with E-state index in [0.29, 0.717) is 34.8 Å². The number of halogens is 2. The lowest BCUT2D eigenvalue weighted by Crippen LogP contribution is -2.28. The Labute approximate surface area is 196 Å². The highest BCUT2D eigenvalue weighted by Gasteiger charge is 2.18. The first-order valence-electron chi connectivity index (χ1n) is 10.6. The van der Waals surface area contributed by atoms with E-state index in [9.17, 15) is 14.0 Å². The van der Waals surface area contributed by atoms with Gasteiger partial charge in [0, 0.05) is 22.6 Å². The number of carbonyl (C=O) groups excluding carboxylic acids is 1. The van der Waals surface area contributed by atoms with Gasteiger partial charge in [-0.2, -0.15) is 0 Å². The summed E-state index contributed by atoms with van der Waals surface area (Å²) in [5.41, 5.74) is 2.75. The highest BCUT2D eigenvalue weighted by atomic mass is 35.5. The van der Waals surface area contributed by atoms with Gasteiger partial charge in [0.15, 0.2) is 11.6 Å². The van der Waals surface area contributed by atoms with Crippen LogP contribution in [-0.4, -0.2) is 20.1 Å². The lowest BCUT2D eigenvalue weighted by Gasteiger charge is -2.07. The summed E-state index contributed by atoms with van der Waals surface area (Å²) >= 11 is 6.00. The number of Topliss-reactive ketones (excluding diaryl/α,β-unsaturated/α-hetero) is 1. The Balaban J connectivity index is 1.61. The minimum Gasteiger partial charge on any atom is -0.298 e. The van der Waals surface area contributed by atoms with Crippen LogP contribution in [0.25, 0.3) is 11.4 Å². The second-order valence-electron chi connectivity index (χ2n) is 7.98. The molecule has 4 rings (SSSR count). The third-order valence-electron chi connectivity index (χ3n) is 5.41. The summed E-state index contributed by atoms with van der Waals surface area (Å²) < 4.78 is 16.8. The molecule has 5 nitrogen and oxygen atoms in total. The summed E-state index contributed by atoms with van der Waals surface area (Å²) in [6, 6.07) is 21.1. The average Bonchev–Trinajstić information content (AvgIpc) is 3.09. The van der Waals surface area contributed by atoms with Crippen LogP contribution in [0, 0.1) is 12.7 Å². The number of ketones is 1. The van der Waals surface area contributed by atoms with E-state index in [4.69, 9.17) is 11.6 Å². The molecule has 33 heavy (non-hydrogen) atoms. The average molecular weight is 464 g/mol. The zero-order valence-electron chi connectivity index (χ0n) is 18.2. The Kier molecular flexibility index (Phi) is 6.84. The van der Waals surface area contributed by atoms with Gasteiger partial charge >= 0.3 is 5.69 Å². The van der Waals surface area contributed by atoms with Gasteiger partial charge in [-0.25, -0.2) is 13.9 Å². The molecule has 0 fully saturated rings. The summed E-state index contributed by atoms with van der Waals surface area (Å²) in [4.78, 5) is 25.8.